The molecule has 0 aliphatic carbocycles. The third kappa shape index (κ3) is 8.86. The molecule has 1 unspecified atom stereocenters. The van der Waals surface area contributed by atoms with E-state index in [2.05, 4.69) is 5.32 Å². The number of benzene rings is 4. The molecule has 0 heterocycles. The molecule has 4 aromatic rings. The molecule has 8 nitrogen and oxygen atoms in total. The van der Waals surface area contributed by atoms with Crippen molar-refractivity contribution in [2.75, 3.05) is 18.0 Å². The lowest BCUT2D eigenvalue weighted by Gasteiger charge is -2.35. The van der Waals surface area contributed by atoms with Crippen molar-refractivity contribution in [2.24, 2.45) is 0 Å². The number of anilines is 1. The van der Waals surface area contributed by atoms with Gasteiger partial charge in [-0.1, -0.05) is 90.5 Å². The molecule has 0 saturated heterocycles. The molecule has 0 spiro atoms. The number of amides is 2. The molecule has 0 saturated carbocycles. The lowest BCUT2D eigenvalue weighted by Crippen LogP contribution is -2.56. The third-order valence-electron chi connectivity index (χ3n) is 6.98. The maximum atomic E-state index is 14.6. The Bertz CT molecular complexity index is 1700. The van der Waals surface area contributed by atoms with Crippen LogP contribution in [0.2, 0.25) is 5.02 Å². The molecule has 4 rings (SSSR count). The van der Waals surface area contributed by atoms with Crippen LogP contribution in [-0.4, -0.2) is 50.4 Å². The van der Waals surface area contributed by atoms with Crippen molar-refractivity contribution in [3.05, 3.63) is 125 Å². The van der Waals surface area contributed by atoms with Crippen molar-refractivity contribution in [2.45, 2.75) is 50.2 Å². The van der Waals surface area contributed by atoms with Crippen LogP contribution in [0.1, 0.15) is 31.9 Å². The topological polar surface area (TPSA) is 96.0 Å². The van der Waals surface area contributed by atoms with Gasteiger partial charge >= 0.3 is 0 Å². The first-order valence-corrected chi connectivity index (χ1v) is 16.3. The molecule has 4 aromatic carbocycles. The zero-order valence-corrected chi connectivity index (χ0v) is 27.4. The Labute approximate surface area is 270 Å². The van der Waals surface area contributed by atoms with Gasteiger partial charge in [0.2, 0.25) is 11.8 Å². The van der Waals surface area contributed by atoms with E-state index in [0.29, 0.717) is 0 Å². The van der Waals surface area contributed by atoms with Crippen molar-refractivity contribution >= 4 is 39.1 Å². The maximum absolute atomic E-state index is 14.6. The number of nitrogens with one attached hydrogen (secondary N) is 1. The second kappa shape index (κ2) is 14.6. The van der Waals surface area contributed by atoms with Crippen molar-refractivity contribution in [3.63, 3.8) is 0 Å². The van der Waals surface area contributed by atoms with Crippen LogP contribution < -0.4 is 14.4 Å². The predicted octanol–water partition coefficient (Wildman–Crippen LogP) is 6.10. The van der Waals surface area contributed by atoms with Crippen LogP contribution in [-0.2, 0) is 32.6 Å². The van der Waals surface area contributed by atoms with E-state index in [1.807, 2.05) is 81.4 Å². The fraction of sp³-hybridized carbons (Fsp3) is 0.257. The number of sulfonamides is 1. The van der Waals surface area contributed by atoms with Gasteiger partial charge in [-0.15, -0.1) is 0 Å². The van der Waals surface area contributed by atoms with Gasteiger partial charge in [0.25, 0.3) is 10.0 Å². The molecule has 10 heteroatoms. The fourth-order valence-electron chi connectivity index (χ4n) is 4.88. The first-order valence-electron chi connectivity index (χ1n) is 14.5. The average molecular weight is 648 g/mol. The smallest absolute Gasteiger partial charge is 0.264 e. The normalized spacial score (nSPS) is 12.2. The lowest BCUT2D eigenvalue weighted by atomic mass is 10.0. The molecule has 0 aliphatic heterocycles. The van der Waals surface area contributed by atoms with Gasteiger partial charge in [-0.3, -0.25) is 13.9 Å². The summed E-state index contributed by atoms with van der Waals surface area (Å²) in [6, 6.07) is 30.2. The molecule has 0 aromatic heterocycles. The van der Waals surface area contributed by atoms with Gasteiger partial charge in [-0.25, -0.2) is 8.42 Å². The molecule has 0 radical (unpaired) electrons. The Hall–Kier alpha value is -4.34. The molecule has 0 fully saturated rings. The highest BCUT2D eigenvalue weighted by molar-refractivity contribution is 7.92. The molecule has 0 bridgehead atoms. The first-order chi connectivity index (χ1) is 21.4. The lowest BCUT2D eigenvalue weighted by molar-refractivity contribution is -0.140. The van der Waals surface area contributed by atoms with E-state index in [1.165, 1.54) is 30.2 Å². The summed E-state index contributed by atoms with van der Waals surface area (Å²) >= 11 is 6.34. The monoisotopic (exact) mass is 647 g/mol. The van der Waals surface area contributed by atoms with Gasteiger partial charge in [-0.05, 0) is 62.2 Å². The molecule has 236 valence electrons. The van der Waals surface area contributed by atoms with Crippen LogP contribution in [0.3, 0.4) is 0 Å². The second-order valence-corrected chi connectivity index (χ2v) is 13.9. The minimum Gasteiger partial charge on any atom is -0.495 e. The van der Waals surface area contributed by atoms with Gasteiger partial charge in [-0.2, -0.15) is 0 Å². The van der Waals surface area contributed by atoms with E-state index in [4.69, 9.17) is 16.3 Å². The molecule has 2 amide bonds. The van der Waals surface area contributed by atoms with E-state index in [0.717, 1.165) is 15.4 Å². The summed E-state index contributed by atoms with van der Waals surface area (Å²) in [6.07, 6.45) is 0.216. The van der Waals surface area contributed by atoms with Crippen molar-refractivity contribution < 1.29 is 22.7 Å². The number of methoxy groups -OCH3 is 1. The van der Waals surface area contributed by atoms with Gasteiger partial charge in [0.15, 0.2) is 0 Å². The summed E-state index contributed by atoms with van der Waals surface area (Å²) < 4.78 is 34.9. The molecular formula is C35H38ClN3O5S. The van der Waals surface area contributed by atoms with Gasteiger partial charge < -0.3 is 15.0 Å². The van der Waals surface area contributed by atoms with Crippen molar-refractivity contribution in [1.29, 1.82) is 0 Å². The molecular weight excluding hydrogens is 610 g/mol. The highest BCUT2D eigenvalue weighted by Gasteiger charge is 2.36. The number of hydrogen-bond donors (Lipinski definition) is 1. The number of ether oxygens (including phenoxy) is 1. The van der Waals surface area contributed by atoms with E-state index in [9.17, 15) is 18.0 Å². The summed E-state index contributed by atoms with van der Waals surface area (Å²) in [5, 5.41) is 3.29. The zero-order valence-electron chi connectivity index (χ0n) is 25.8. The Morgan fingerprint density at radius 3 is 1.96 bits per heavy atom. The summed E-state index contributed by atoms with van der Waals surface area (Å²) in [7, 11) is -2.88. The van der Waals surface area contributed by atoms with E-state index in [1.54, 1.807) is 30.3 Å². The molecule has 45 heavy (non-hydrogen) atoms. The van der Waals surface area contributed by atoms with Crippen molar-refractivity contribution in [3.8, 4) is 5.75 Å². The van der Waals surface area contributed by atoms with Gasteiger partial charge in [0.1, 0.15) is 18.3 Å². The van der Waals surface area contributed by atoms with Crippen LogP contribution in [0.25, 0.3) is 0 Å². The fourth-order valence-corrected chi connectivity index (χ4v) is 6.48. The van der Waals surface area contributed by atoms with E-state index in [-0.39, 0.29) is 40.2 Å². The maximum Gasteiger partial charge on any atom is 0.264 e. The minimum absolute atomic E-state index is 0.0132. The van der Waals surface area contributed by atoms with Gasteiger partial charge in [0, 0.05) is 23.5 Å². The standard InChI is InChI=1S/C35H38ClN3O5S/c1-35(2,3)37-34(41)31(22-26-14-8-5-9-15-26)38(24-27-16-10-6-11-17-27)33(40)25-39(30-23-28(36)20-21-32(30)44-4)45(42,43)29-18-12-7-13-19-29/h5-21,23,31H,22,24-25H2,1-4H3,(H,37,41). The summed E-state index contributed by atoms with van der Waals surface area (Å²) in [5.74, 6) is -0.716. The number of hydrogen-bond acceptors (Lipinski definition) is 5. The third-order valence-corrected chi connectivity index (χ3v) is 8.99. The van der Waals surface area contributed by atoms with Crippen LogP contribution in [0.15, 0.2) is 114 Å². The first kappa shape index (κ1) is 33.6. The number of halogens is 1. The van der Waals surface area contributed by atoms with Gasteiger partial charge in [0.05, 0.1) is 17.7 Å². The number of nitrogens with zero attached hydrogens (tertiary/aromatic N) is 2. The zero-order chi connectivity index (χ0) is 32.6. The van der Waals surface area contributed by atoms with Crippen LogP contribution >= 0.6 is 11.6 Å². The Morgan fingerprint density at radius 1 is 0.844 bits per heavy atom. The predicted molar refractivity (Wildman–Crippen MR) is 178 cm³/mol. The molecule has 0 aliphatic rings. The SMILES string of the molecule is COc1ccc(Cl)cc1N(CC(=O)N(Cc1ccccc1)C(Cc1ccccc1)C(=O)NC(C)(C)C)S(=O)(=O)c1ccccc1. The van der Waals surface area contributed by atoms with E-state index >= 15 is 0 Å². The van der Waals surface area contributed by atoms with Crippen molar-refractivity contribution in [1.82, 2.24) is 10.2 Å². The Morgan fingerprint density at radius 2 is 1.40 bits per heavy atom. The highest BCUT2D eigenvalue weighted by Crippen LogP contribution is 2.35. The number of rotatable bonds is 12. The van der Waals surface area contributed by atoms with E-state index < -0.39 is 34.1 Å². The van der Waals surface area contributed by atoms with Crippen LogP contribution in [0, 0.1) is 0 Å². The Kier molecular flexibility index (Phi) is 10.9. The highest BCUT2D eigenvalue weighted by atomic mass is 35.5. The quantitative estimate of drug-likeness (QED) is 0.201. The number of carbonyl (C=O) groups excluding carboxylic acids is 2. The number of carbonyl (C=O) groups is 2. The Balaban J connectivity index is 1.85. The molecule has 1 N–H and O–H groups in total. The minimum atomic E-state index is -4.29. The summed E-state index contributed by atoms with van der Waals surface area (Å²) in [6.45, 7) is 5.06. The largest absolute Gasteiger partial charge is 0.495 e. The average Bonchev–Trinajstić information content (AvgIpc) is 3.02. The summed E-state index contributed by atoms with van der Waals surface area (Å²) in [4.78, 5) is 29.9. The summed E-state index contributed by atoms with van der Waals surface area (Å²) in [5.41, 5.74) is 1.15. The second-order valence-electron chi connectivity index (χ2n) is 11.6. The van der Waals surface area contributed by atoms with Crippen LogP contribution in [0.4, 0.5) is 5.69 Å². The van der Waals surface area contributed by atoms with Crippen LogP contribution in [0.5, 0.6) is 5.75 Å². The molecule has 1 atom stereocenters.